The van der Waals surface area contributed by atoms with Gasteiger partial charge < -0.3 is 14.6 Å². The molecule has 1 unspecified atom stereocenters. The third kappa shape index (κ3) is 2.63. The van der Waals surface area contributed by atoms with Crippen LogP contribution in [0.5, 0.6) is 0 Å². The summed E-state index contributed by atoms with van der Waals surface area (Å²) in [5.74, 6) is 0.166. The van der Waals surface area contributed by atoms with Crippen molar-refractivity contribution in [1.29, 1.82) is 0 Å². The van der Waals surface area contributed by atoms with E-state index in [2.05, 4.69) is 44.0 Å². The van der Waals surface area contributed by atoms with Crippen LogP contribution in [-0.4, -0.2) is 35.0 Å². The highest BCUT2D eigenvalue weighted by Gasteiger charge is 2.31. The summed E-state index contributed by atoms with van der Waals surface area (Å²) in [6, 6.07) is 6.69. The van der Waals surface area contributed by atoms with E-state index < -0.39 is 0 Å². The highest BCUT2D eigenvalue weighted by Crippen LogP contribution is 2.32. The molecule has 4 rings (SSSR count). The smallest absolute Gasteiger partial charge is 0.252 e. The molecule has 4 nitrogen and oxygen atoms in total. The number of ether oxygens (including phenoxy) is 1. The summed E-state index contributed by atoms with van der Waals surface area (Å²) < 4.78 is 5.59. The lowest BCUT2D eigenvalue weighted by Crippen LogP contribution is -2.41. The minimum absolute atomic E-state index is 0.125. The van der Waals surface area contributed by atoms with E-state index in [1.54, 1.807) is 0 Å². The number of aromatic amines is 1. The number of nitrogens with one attached hydrogen (secondary N) is 1. The van der Waals surface area contributed by atoms with Crippen LogP contribution in [0.1, 0.15) is 50.4 Å². The number of hydrogen-bond acceptors (Lipinski definition) is 2. The molecule has 0 aliphatic carbocycles. The Hall–Kier alpha value is -1.81. The van der Waals surface area contributed by atoms with E-state index >= 15 is 0 Å². The molecule has 0 saturated carbocycles. The van der Waals surface area contributed by atoms with Crippen LogP contribution in [0.3, 0.4) is 0 Å². The number of rotatable bonds is 1. The van der Waals surface area contributed by atoms with Gasteiger partial charge in [0.1, 0.15) is 6.10 Å². The van der Waals surface area contributed by atoms with Crippen LogP contribution in [0.2, 0.25) is 0 Å². The number of nitrogens with zero attached hydrogens (tertiary/aromatic N) is 1. The maximum atomic E-state index is 12.7. The predicted molar refractivity (Wildman–Crippen MR) is 95.1 cm³/mol. The molecule has 24 heavy (non-hydrogen) atoms. The van der Waals surface area contributed by atoms with E-state index in [9.17, 15) is 4.79 Å². The third-order valence-electron chi connectivity index (χ3n) is 5.36. The van der Waals surface area contributed by atoms with Crippen molar-refractivity contribution in [2.24, 2.45) is 0 Å². The first-order chi connectivity index (χ1) is 11.4. The van der Waals surface area contributed by atoms with E-state index in [0.29, 0.717) is 6.54 Å². The summed E-state index contributed by atoms with van der Waals surface area (Å²) in [7, 11) is 0. The first-order valence-corrected chi connectivity index (χ1v) is 8.98. The van der Waals surface area contributed by atoms with Crippen LogP contribution in [0, 0.1) is 0 Å². The minimum atomic E-state index is -0.220. The van der Waals surface area contributed by atoms with Crippen molar-refractivity contribution in [2.45, 2.75) is 58.1 Å². The quantitative estimate of drug-likeness (QED) is 0.871. The molecule has 0 radical (unpaired) electrons. The average Bonchev–Trinajstić information content (AvgIpc) is 3.20. The van der Waals surface area contributed by atoms with Gasteiger partial charge in [0, 0.05) is 48.3 Å². The average molecular weight is 326 g/mol. The van der Waals surface area contributed by atoms with Gasteiger partial charge in [-0.05, 0) is 36.0 Å². The topological polar surface area (TPSA) is 45.3 Å². The van der Waals surface area contributed by atoms with Crippen molar-refractivity contribution < 1.29 is 9.53 Å². The number of carbonyl (C=O) groups excluding carboxylic acids is 1. The van der Waals surface area contributed by atoms with Crippen molar-refractivity contribution in [3.63, 3.8) is 0 Å². The van der Waals surface area contributed by atoms with Gasteiger partial charge in [0.2, 0.25) is 0 Å². The molecule has 2 aliphatic rings. The molecule has 128 valence electrons. The number of aromatic nitrogens is 1. The summed E-state index contributed by atoms with van der Waals surface area (Å²) in [5, 5.41) is 1.27. The first kappa shape index (κ1) is 15.7. The molecule has 1 saturated heterocycles. The fraction of sp³-hybridized carbons (Fsp3) is 0.550. The van der Waals surface area contributed by atoms with Crippen LogP contribution in [-0.2, 0) is 27.9 Å². The second-order valence-corrected chi connectivity index (χ2v) is 8.10. The lowest BCUT2D eigenvalue weighted by molar-refractivity contribution is -0.141. The largest absolute Gasteiger partial charge is 0.368 e. The van der Waals surface area contributed by atoms with Gasteiger partial charge in [-0.3, -0.25) is 4.79 Å². The van der Waals surface area contributed by atoms with E-state index in [0.717, 1.165) is 32.4 Å². The zero-order valence-corrected chi connectivity index (χ0v) is 14.8. The Bertz CT molecular complexity index is 779. The fourth-order valence-corrected chi connectivity index (χ4v) is 3.84. The van der Waals surface area contributed by atoms with E-state index in [1.165, 1.54) is 27.7 Å². The molecule has 1 atom stereocenters. The zero-order valence-electron chi connectivity index (χ0n) is 14.8. The van der Waals surface area contributed by atoms with E-state index in [4.69, 9.17) is 4.74 Å². The highest BCUT2D eigenvalue weighted by molar-refractivity contribution is 5.87. The van der Waals surface area contributed by atoms with Crippen LogP contribution >= 0.6 is 0 Å². The van der Waals surface area contributed by atoms with Gasteiger partial charge in [-0.2, -0.15) is 0 Å². The summed E-state index contributed by atoms with van der Waals surface area (Å²) in [5.41, 5.74) is 5.21. The van der Waals surface area contributed by atoms with Crippen molar-refractivity contribution in [3.05, 3.63) is 35.0 Å². The Morgan fingerprint density at radius 1 is 1.33 bits per heavy atom. The molecule has 1 amide bonds. The van der Waals surface area contributed by atoms with Gasteiger partial charge in [-0.15, -0.1) is 0 Å². The Balaban J connectivity index is 1.67. The Labute approximate surface area is 143 Å². The maximum Gasteiger partial charge on any atom is 0.252 e. The van der Waals surface area contributed by atoms with Crippen LogP contribution in [0.4, 0.5) is 0 Å². The monoisotopic (exact) mass is 326 g/mol. The number of amides is 1. The number of H-pyrrole nitrogens is 1. The molecule has 3 heterocycles. The van der Waals surface area contributed by atoms with Gasteiger partial charge in [0.05, 0.1) is 0 Å². The van der Waals surface area contributed by atoms with Crippen molar-refractivity contribution in [1.82, 2.24) is 9.88 Å². The molecule has 1 aromatic heterocycles. The Morgan fingerprint density at radius 2 is 2.17 bits per heavy atom. The maximum absolute atomic E-state index is 12.7. The SMILES string of the molecule is CC(C)(C)c1ccc2[nH]c3c(c2c1)CN(C(=O)C1CCCO1)CC3. The Morgan fingerprint density at radius 3 is 2.88 bits per heavy atom. The normalized spacial score (nSPS) is 21.3. The van der Waals surface area contributed by atoms with Crippen LogP contribution in [0.25, 0.3) is 10.9 Å². The molecule has 2 aliphatic heterocycles. The number of carbonyl (C=O) groups is 1. The molecule has 4 heteroatoms. The summed E-state index contributed by atoms with van der Waals surface area (Å²) in [6.07, 6.45) is 2.54. The molecular weight excluding hydrogens is 300 g/mol. The summed E-state index contributed by atoms with van der Waals surface area (Å²) >= 11 is 0. The van der Waals surface area contributed by atoms with Gasteiger partial charge >= 0.3 is 0 Å². The van der Waals surface area contributed by atoms with Gasteiger partial charge in [-0.1, -0.05) is 26.8 Å². The second kappa shape index (κ2) is 5.62. The van der Waals surface area contributed by atoms with Gasteiger partial charge in [0.25, 0.3) is 5.91 Å². The van der Waals surface area contributed by atoms with Crippen molar-refractivity contribution >= 4 is 16.8 Å². The molecule has 0 spiro atoms. The number of hydrogen-bond donors (Lipinski definition) is 1. The Kier molecular flexibility index (Phi) is 3.68. The molecule has 1 aromatic carbocycles. The predicted octanol–water partition coefficient (Wildman–Crippen LogP) is 3.53. The molecule has 2 aromatic rings. The molecule has 1 N–H and O–H groups in total. The molecule has 1 fully saturated rings. The van der Waals surface area contributed by atoms with Crippen LogP contribution in [0.15, 0.2) is 18.2 Å². The molecular formula is C20H26N2O2. The molecule has 0 bridgehead atoms. The van der Waals surface area contributed by atoms with Crippen molar-refractivity contribution in [2.75, 3.05) is 13.2 Å². The zero-order chi connectivity index (χ0) is 16.9. The van der Waals surface area contributed by atoms with Gasteiger partial charge in [-0.25, -0.2) is 0 Å². The van der Waals surface area contributed by atoms with E-state index in [1.807, 2.05) is 4.90 Å². The fourth-order valence-electron chi connectivity index (χ4n) is 3.84. The van der Waals surface area contributed by atoms with Crippen LogP contribution < -0.4 is 0 Å². The number of benzene rings is 1. The third-order valence-corrected chi connectivity index (χ3v) is 5.36. The van der Waals surface area contributed by atoms with E-state index in [-0.39, 0.29) is 17.4 Å². The lowest BCUT2D eigenvalue weighted by Gasteiger charge is -2.29. The summed E-state index contributed by atoms with van der Waals surface area (Å²) in [4.78, 5) is 18.2. The standard InChI is InChI=1S/C20H26N2O2/c1-20(2,3)13-6-7-16-14(11-13)15-12-22(9-8-17(15)21-16)19(23)18-5-4-10-24-18/h6-7,11,18,21H,4-5,8-10,12H2,1-3H3. The first-order valence-electron chi connectivity index (χ1n) is 8.98. The summed E-state index contributed by atoms with van der Waals surface area (Å²) in [6.45, 7) is 8.91. The second-order valence-electron chi connectivity index (χ2n) is 8.10. The minimum Gasteiger partial charge on any atom is -0.368 e. The van der Waals surface area contributed by atoms with Crippen molar-refractivity contribution in [3.8, 4) is 0 Å². The van der Waals surface area contributed by atoms with Gasteiger partial charge in [0.15, 0.2) is 0 Å². The number of fused-ring (bicyclic) bond motifs is 3. The lowest BCUT2D eigenvalue weighted by atomic mass is 9.86. The highest BCUT2D eigenvalue weighted by atomic mass is 16.5.